The molecule has 1 fully saturated rings. The van der Waals surface area contributed by atoms with E-state index in [-0.39, 0.29) is 22.7 Å². The molecule has 0 radical (unpaired) electrons. The van der Waals surface area contributed by atoms with E-state index < -0.39 is 71.3 Å². The molecule has 2 heterocycles. The minimum absolute atomic E-state index is 0.0215. The van der Waals surface area contributed by atoms with Crippen LogP contribution in [0.3, 0.4) is 0 Å². The van der Waals surface area contributed by atoms with Crippen LogP contribution in [0.5, 0.6) is 0 Å². The maximum atomic E-state index is 14.8. The number of piperidine rings is 1. The van der Waals surface area contributed by atoms with Gasteiger partial charge in [0.15, 0.2) is 1.41 Å². The summed E-state index contributed by atoms with van der Waals surface area (Å²) in [4.78, 5) is 50.2. The Kier molecular flexibility index (Phi) is 4.24. The third-order valence-electron chi connectivity index (χ3n) is 4.98. The summed E-state index contributed by atoms with van der Waals surface area (Å²) in [6.07, 6.45) is -2.05. The molecule has 0 aliphatic carbocycles. The van der Waals surface area contributed by atoms with Gasteiger partial charge in [-0.05, 0) is 35.7 Å². The van der Waals surface area contributed by atoms with E-state index in [2.05, 4.69) is 0 Å². The number of alkyl halides is 2. The Bertz CT molecular complexity index is 1330. The van der Waals surface area contributed by atoms with Gasteiger partial charge < -0.3 is 10.2 Å². The van der Waals surface area contributed by atoms with Crippen molar-refractivity contribution >= 4 is 35.2 Å². The molecule has 2 aromatic rings. The highest BCUT2D eigenvalue weighted by molar-refractivity contribution is 6.30. The van der Waals surface area contributed by atoms with Crippen LogP contribution in [0.4, 0.5) is 8.78 Å². The maximum absolute atomic E-state index is 14.8. The lowest BCUT2D eigenvalue weighted by Crippen LogP contribution is -2.52. The SMILES string of the molecule is [2H]C1C[C@]([2H])(N2Cc3cc(C([2H])([2H])N([2H])C(=O)C(F)(F)c4ccc(Cl)cc4)ccc3C2=O)C(=O)NC1=O. The number of nitrogens with zero attached hydrogens (tertiary/aromatic N) is 1. The smallest absolute Gasteiger partial charge is 0.346 e. The Balaban J connectivity index is 1.61. The van der Waals surface area contributed by atoms with E-state index in [9.17, 15) is 28.0 Å². The molecular formula is C22H18ClF2N3O4. The fourth-order valence-electron chi connectivity index (χ4n) is 3.33. The van der Waals surface area contributed by atoms with Gasteiger partial charge in [-0.1, -0.05) is 35.9 Å². The second-order valence-corrected chi connectivity index (χ2v) is 7.48. The zero-order chi connectivity index (χ0) is 27.5. The quantitative estimate of drug-likeness (QED) is 0.662. The third kappa shape index (κ3) is 4.08. The molecule has 0 saturated carbocycles. The first-order valence-corrected chi connectivity index (χ1v) is 9.69. The van der Waals surface area contributed by atoms with Crippen LogP contribution in [-0.4, -0.2) is 34.5 Å². The predicted molar refractivity (Wildman–Crippen MR) is 110 cm³/mol. The molecule has 1 unspecified atom stereocenters. The van der Waals surface area contributed by atoms with Gasteiger partial charge in [-0.25, -0.2) is 0 Å². The van der Waals surface area contributed by atoms with Crippen molar-refractivity contribution in [3.63, 3.8) is 0 Å². The number of hydrogen-bond donors (Lipinski definition) is 2. The monoisotopic (exact) mass is 466 g/mol. The van der Waals surface area contributed by atoms with Crippen molar-refractivity contribution < 1.29 is 34.9 Å². The first kappa shape index (κ1) is 16.3. The normalized spacial score (nSPS) is 25.7. The van der Waals surface area contributed by atoms with Crippen LogP contribution in [0.2, 0.25) is 6.43 Å². The number of carbonyl (C=O) groups excluding carboxylic acids is 4. The minimum Gasteiger partial charge on any atom is -0.346 e. The van der Waals surface area contributed by atoms with E-state index in [1.807, 2.05) is 5.32 Å². The minimum atomic E-state index is -4.25. The first-order chi connectivity index (χ1) is 17.1. The van der Waals surface area contributed by atoms with Crippen LogP contribution in [-0.2, 0) is 33.3 Å². The number of nitrogens with one attached hydrogen (secondary N) is 2. The Labute approximate surface area is 193 Å². The number of halogens is 3. The maximum Gasteiger partial charge on any atom is 0.349 e. The molecule has 166 valence electrons. The summed E-state index contributed by atoms with van der Waals surface area (Å²) < 4.78 is 70.1. The number of hydrogen-bond acceptors (Lipinski definition) is 4. The molecular weight excluding hydrogens is 444 g/mol. The lowest BCUT2D eigenvalue weighted by atomic mass is 10.0. The summed E-state index contributed by atoms with van der Waals surface area (Å²) >= 11 is 5.68. The summed E-state index contributed by atoms with van der Waals surface area (Å²) in [7, 11) is 0. The molecule has 2 N–H and O–H groups in total. The van der Waals surface area contributed by atoms with Gasteiger partial charge in [0.25, 0.3) is 11.8 Å². The van der Waals surface area contributed by atoms with Gasteiger partial charge in [0.2, 0.25) is 11.8 Å². The standard InChI is InChI=1S/C22H18ClF2N3O4/c23-15-4-2-14(3-5-15)22(24,25)21(32)26-10-12-1-6-16-13(9-12)11-28(20(16)31)17-7-8-18(29)27-19(17)30/h1-6,9,17H,7-8,10-11H2,(H,26,32)(H,27,29,30)/t17-/m0/s1/i8D,10D2,17D/hD/t8?,17-. The number of carbonyl (C=O) groups is 4. The van der Waals surface area contributed by atoms with Crippen molar-refractivity contribution in [3.8, 4) is 0 Å². The fourth-order valence-corrected chi connectivity index (χ4v) is 3.45. The van der Waals surface area contributed by atoms with Crippen molar-refractivity contribution in [1.82, 2.24) is 15.5 Å². The highest BCUT2D eigenvalue weighted by Gasteiger charge is 2.41. The van der Waals surface area contributed by atoms with Crippen molar-refractivity contribution in [3.05, 3.63) is 69.7 Å². The molecule has 2 aliphatic rings. The average molecular weight is 467 g/mol. The van der Waals surface area contributed by atoms with Gasteiger partial charge in [0, 0.05) is 37.0 Å². The second kappa shape index (κ2) is 8.31. The first-order valence-electron chi connectivity index (χ1n) is 11.8. The summed E-state index contributed by atoms with van der Waals surface area (Å²) in [6, 6.07) is 4.96. The van der Waals surface area contributed by atoms with Gasteiger partial charge >= 0.3 is 5.92 Å². The number of imide groups is 1. The molecule has 4 amide bonds. The van der Waals surface area contributed by atoms with E-state index in [0.717, 1.165) is 47.4 Å². The van der Waals surface area contributed by atoms with E-state index in [0.29, 0.717) is 0 Å². The molecule has 32 heavy (non-hydrogen) atoms. The lowest BCUT2D eigenvalue weighted by Gasteiger charge is -2.29. The van der Waals surface area contributed by atoms with Crippen molar-refractivity contribution in [2.24, 2.45) is 0 Å². The highest BCUT2D eigenvalue weighted by atomic mass is 35.5. The van der Waals surface area contributed by atoms with Crippen molar-refractivity contribution in [2.45, 2.75) is 37.8 Å². The summed E-state index contributed by atoms with van der Waals surface area (Å²) in [6.45, 7) is -3.46. The number of amides is 4. The summed E-state index contributed by atoms with van der Waals surface area (Å²) in [5, 5.41) is 1.53. The third-order valence-corrected chi connectivity index (χ3v) is 5.23. The molecule has 0 bridgehead atoms. The molecule has 0 spiro atoms. The van der Waals surface area contributed by atoms with Crippen LogP contribution in [0, 0.1) is 0 Å². The zero-order valence-corrected chi connectivity index (χ0v) is 17.0. The molecule has 0 aromatic heterocycles. The fraction of sp³-hybridized carbons (Fsp3) is 0.273. The lowest BCUT2D eigenvalue weighted by molar-refractivity contribution is -0.147. The van der Waals surface area contributed by atoms with Crippen molar-refractivity contribution in [2.75, 3.05) is 0 Å². The Morgan fingerprint density at radius 3 is 2.75 bits per heavy atom. The van der Waals surface area contributed by atoms with Crippen LogP contribution in [0.15, 0.2) is 42.5 Å². The van der Waals surface area contributed by atoms with Gasteiger partial charge in [-0.3, -0.25) is 24.5 Å². The van der Waals surface area contributed by atoms with Gasteiger partial charge in [0.05, 0.1) is 4.11 Å². The number of rotatable bonds is 5. The van der Waals surface area contributed by atoms with E-state index in [4.69, 9.17) is 18.5 Å². The highest BCUT2D eigenvalue weighted by Crippen LogP contribution is 2.30. The Morgan fingerprint density at radius 1 is 1.31 bits per heavy atom. The van der Waals surface area contributed by atoms with Crippen LogP contribution >= 0.6 is 11.6 Å². The summed E-state index contributed by atoms with van der Waals surface area (Å²) in [5.41, 5.74) is -1.11. The van der Waals surface area contributed by atoms with Crippen LogP contribution in [0.25, 0.3) is 0 Å². The predicted octanol–water partition coefficient (Wildman–Crippen LogP) is 2.51. The van der Waals surface area contributed by atoms with E-state index >= 15 is 0 Å². The summed E-state index contributed by atoms with van der Waals surface area (Å²) in [5.74, 6) is -9.18. The zero-order valence-electron chi connectivity index (χ0n) is 21.2. The van der Waals surface area contributed by atoms with E-state index in [1.54, 1.807) is 0 Å². The second-order valence-electron chi connectivity index (χ2n) is 7.05. The number of fused-ring (bicyclic) bond motifs is 1. The number of benzene rings is 2. The Morgan fingerprint density at radius 2 is 2.03 bits per heavy atom. The van der Waals surface area contributed by atoms with Crippen molar-refractivity contribution in [1.29, 1.82) is 0 Å². The van der Waals surface area contributed by atoms with Gasteiger partial charge in [-0.2, -0.15) is 8.78 Å². The average Bonchev–Trinajstić information content (AvgIpc) is 3.18. The Hall–Kier alpha value is -3.33. The van der Waals surface area contributed by atoms with Crippen LogP contribution < -0.4 is 10.6 Å². The molecule has 7 nitrogen and oxygen atoms in total. The molecule has 2 aliphatic heterocycles. The van der Waals surface area contributed by atoms with E-state index in [1.165, 1.54) is 0 Å². The van der Waals surface area contributed by atoms with Gasteiger partial charge in [0.1, 0.15) is 6.02 Å². The topological polar surface area (TPSA) is 95.6 Å². The molecule has 4 rings (SSSR count). The largest absolute Gasteiger partial charge is 0.349 e. The van der Waals surface area contributed by atoms with Gasteiger partial charge in [-0.15, -0.1) is 0 Å². The molecule has 2 atom stereocenters. The van der Waals surface area contributed by atoms with Crippen LogP contribution in [0.1, 0.15) is 45.3 Å². The molecule has 1 saturated heterocycles. The molecule has 10 heteroatoms. The molecule has 2 aromatic carbocycles.